The van der Waals surface area contributed by atoms with E-state index < -0.39 is 18.2 Å². The average Bonchev–Trinajstić information content (AvgIpc) is 3.22. The van der Waals surface area contributed by atoms with Crippen molar-refractivity contribution in [2.75, 3.05) is 6.61 Å². The van der Waals surface area contributed by atoms with Gasteiger partial charge in [-0.15, -0.1) is 0 Å². The predicted octanol–water partition coefficient (Wildman–Crippen LogP) is 14.5. The number of nitrogens with one attached hydrogen (secondary N) is 1. The van der Waals surface area contributed by atoms with E-state index in [2.05, 4.69) is 32.2 Å². The summed E-state index contributed by atoms with van der Waals surface area (Å²) in [7, 11) is 0. The van der Waals surface area contributed by atoms with Gasteiger partial charge in [-0.2, -0.15) is 0 Å². The SMILES string of the molecule is CC/C=C/C=C/C=C\C=C/C=C/CC(CC(=O)NC(CO)C(O)CCCCCCCCCCCC)OC(=O)CCCCCCCCCCCCCCCCCCCC. The number of aliphatic hydroxyl groups excluding tert-OH is 2. The molecule has 3 atom stereocenters. The zero-order valence-electron chi connectivity index (χ0n) is 38.2. The summed E-state index contributed by atoms with van der Waals surface area (Å²) in [5.41, 5.74) is 0. The van der Waals surface area contributed by atoms with Crippen molar-refractivity contribution in [3.8, 4) is 0 Å². The molecule has 0 heterocycles. The van der Waals surface area contributed by atoms with Crippen molar-refractivity contribution in [1.82, 2.24) is 5.32 Å². The molecule has 0 bridgehead atoms. The van der Waals surface area contributed by atoms with E-state index in [-0.39, 0.29) is 24.9 Å². The molecular formula is C52H93NO5. The second-order valence-corrected chi connectivity index (χ2v) is 16.6. The minimum Gasteiger partial charge on any atom is -0.461 e. The van der Waals surface area contributed by atoms with Crippen LogP contribution in [0.2, 0.25) is 0 Å². The van der Waals surface area contributed by atoms with Crippen LogP contribution in [-0.4, -0.2) is 46.9 Å². The lowest BCUT2D eigenvalue weighted by Crippen LogP contribution is -2.46. The number of carbonyl (C=O) groups is 2. The molecule has 3 unspecified atom stereocenters. The van der Waals surface area contributed by atoms with Gasteiger partial charge in [0, 0.05) is 12.8 Å². The Hall–Kier alpha value is -2.44. The monoisotopic (exact) mass is 812 g/mol. The fraction of sp³-hybridized carbons (Fsp3) is 0.769. The third kappa shape index (κ3) is 40.3. The van der Waals surface area contributed by atoms with E-state index >= 15 is 0 Å². The molecule has 0 saturated heterocycles. The van der Waals surface area contributed by atoms with E-state index in [0.717, 1.165) is 44.9 Å². The number of carbonyl (C=O) groups excluding carboxylic acids is 2. The molecule has 6 heteroatoms. The molecule has 0 aromatic heterocycles. The zero-order chi connectivity index (χ0) is 42.4. The molecule has 0 rings (SSSR count). The number of hydrogen-bond donors (Lipinski definition) is 3. The highest BCUT2D eigenvalue weighted by Gasteiger charge is 2.23. The molecule has 336 valence electrons. The predicted molar refractivity (Wildman–Crippen MR) is 250 cm³/mol. The summed E-state index contributed by atoms with van der Waals surface area (Å²) in [6.07, 6.45) is 56.0. The van der Waals surface area contributed by atoms with Crippen LogP contribution in [0.4, 0.5) is 0 Å². The van der Waals surface area contributed by atoms with Crippen LogP contribution >= 0.6 is 0 Å². The summed E-state index contributed by atoms with van der Waals surface area (Å²) in [5.74, 6) is -0.604. The molecule has 0 spiro atoms. The minimum absolute atomic E-state index is 0.0175. The first-order valence-corrected chi connectivity index (χ1v) is 24.6. The number of unbranched alkanes of at least 4 members (excludes halogenated alkanes) is 26. The van der Waals surface area contributed by atoms with Crippen LogP contribution < -0.4 is 5.32 Å². The molecule has 0 aromatic carbocycles. The molecule has 6 nitrogen and oxygen atoms in total. The van der Waals surface area contributed by atoms with Crippen LogP contribution in [0.1, 0.15) is 233 Å². The summed E-state index contributed by atoms with van der Waals surface area (Å²) in [4.78, 5) is 26.0. The third-order valence-corrected chi connectivity index (χ3v) is 11.0. The van der Waals surface area contributed by atoms with E-state index in [1.54, 1.807) is 0 Å². The molecule has 58 heavy (non-hydrogen) atoms. The molecule has 1 amide bonds. The molecule has 0 saturated carbocycles. The molecule has 0 aliphatic heterocycles. The Labute approximate surface area is 358 Å². The number of esters is 1. The van der Waals surface area contributed by atoms with E-state index in [1.807, 2.05) is 54.7 Å². The van der Waals surface area contributed by atoms with Gasteiger partial charge in [0.1, 0.15) is 6.10 Å². The quantitative estimate of drug-likeness (QED) is 0.0324. The molecule has 0 aliphatic rings. The van der Waals surface area contributed by atoms with Crippen molar-refractivity contribution < 1.29 is 24.5 Å². The number of hydrogen-bond acceptors (Lipinski definition) is 5. The topological polar surface area (TPSA) is 95.9 Å². The molecule has 0 aliphatic carbocycles. The normalized spacial score (nSPS) is 13.8. The minimum atomic E-state index is -0.816. The van der Waals surface area contributed by atoms with Crippen molar-refractivity contribution in [2.45, 2.75) is 251 Å². The van der Waals surface area contributed by atoms with Gasteiger partial charge in [0.2, 0.25) is 5.91 Å². The van der Waals surface area contributed by atoms with Crippen molar-refractivity contribution in [3.63, 3.8) is 0 Å². The van der Waals surface area contributed by atoms with Gasteiger partial charge >= 0.3 is 5.97 Å². The number of ether oxygens (including phenoxy) is 1. The standard InChI is InChI=1S/C52H93NO5/c1-4-7-10-13-16-19-22-23-24-25-26-27-28-30-33-36-39-42-45-52(57)58-48(43-40-37-34-31-29-20-17-14-11-8-5-2)46-51(56)53-49(47-54)50(55)44-41-38-35-32-21-18-15-12-9-6-3/h8,11,14,17,20,29,31,34,37,40,48-50,54-55H,4-7,9-10,12-13,15-16,18-19,21-28,30,32-33,35-36,38-39,41-47H2,1-3H3,(H,53,56)/b11-8+,17-14+,29-20-,34-31-,40-37+. The van der Waals surface area contributed by atoms with E-state index in [9.17, 15) is 19.8 Å². The number of rotatable bonds is 43. The van der Waals surface area contributed by atoms with Crippen molar-refractivity contribution in [2.24, 2.45) is 0 Å². The highest BCUT2D eigenvalue weighted by molar-refractivity contribution is 5.77. The largest absolute Gasteiger partial charge is 0.461 e. The third-order valence-electron chi connectivity index (χ3n) is 11.0. The van der Waals surface area contributed by atoms with Crippen LogP contribution in [0.5, 0.6) is 0 Å². The maximum atomic E-state index is 13.1. The summed E-state index contributed by atoms with van der Waals surface area (Å²) < 4.78 is 5.83. The lowest BCUT2D eigenvalue weighted by Gasteiger charge is -2.24. The summed E-state index contributed by atoms with van der Waals surface area (Å²) in [6.45, 7) is 6.29. The van der Waals surface area contributed by atoms with Gasteiger partial charge in [-0.05, 0) is 19.3 Å². The number of allylic oxidation sites excluding steroid dienone is 9. The summed E-state index contributed by atoms with van der Waals surface area (Å²) in [5, 5.41) is 23.6. The van der Waals surface area contributed by atoms with Crippen LogP contribution in [0.3, 0.4) is 0 Å². The zero-order valence-corrected chi connectivity index (χ0v) is 38.2. The van der Waals surface area contributed by atoms with Crippen LogP contribution in [0, 0.1) is 0 Å². The van der Waals surface area contributed by atoms with Gasteiger partial charge < -0.3 is 20.3 Å². The Morgan fingerprint density at radius 3 is 1.31 bits per heavy atom. The fourth-order valence-electron chi connectivity index (χ4n) is 7.28. The van der Waals surface area contributed by atoms with Crippen molar-refractivity contribution >= 4 is 11.9 Å². The van der Waals surface area contributed by atoms with Crippen molar-refractivity contribution in [1.29, 1.82) is 0 Å². The van der Waals surface area contributed by atoms with Crippen LogP contribution in [0.25, 0.3) is 0 Å². The summed E-state index contributed by atoms with van der Waals surface area (Å²) >= 11 is 0. The first kappa shape index (κ1) is 55.6. The molecule has 0 aromatic rings. The highest BCUT2D eigenvalue weighted by Crippen LogP contribution is 2.17. The Morgan fingerprint density at radius 2 is 0.897 bits per heavy atom. The van der Waals surface area contributed by atoms with Gasteiger partial charge in [-0.3, -0.25) is 9.59 Å². The van der Waals surface area contributed by atoms with Crippen LogP contribution in [-0.2, 0) is 14.3 Å². The Morgan fingerprint density at radius 1 is 0.517 bits per heavy atom. The van der Waals surface area contributed by atoms with Gasteiger partial charge in [0.15, 0.2) is 0 Å². The highest BCUT2D eigenvalue weighted by atomic mass is 16.5. The second kappa shape index (κ2) is 45.6. The maximum absolute atomic E-state index is 13.1. The lowest BCUT2D eigenvalue weighted by molar-refractivity contribution is -0.150. The second-order valence-electron chi connectivity index (χ2n) is 16.6. The smallest absolute Gasteiger partial charge is 0.306 e. The van der Waals surface area contributed by atoms with Crippen molar-refractivity contribution in [3.05, 3.63) is 60.8 Å². The molecular weight excluding hydrogens is 719 g/mol. The fourth-order valence-corrected chi connectivity index (χ4v) is 7.28. The van der Waals surface area contributed by atoms with Crippen LogP contribution in [0.15, 0.2) is 60.8 Å². The molecule has 0 radical (unpaired) electrons. The van der Waals surface area contributed by atoms with Gasteiger partial charge in [-0.25, -0.2) is 0 Å². The molecule has 3 N–H and O–H groups in total. The Kier molecular flexibility index (Phi) is 43.7. The Balaban J connectivity index is 4.59. The van der Waals surface area contributed by atoms with Gasteiger partial charge in [0.05, 0.1) is 25.2 Å². The Bertz CT molecular complexity index is 1050. The van der Waals surface area contributed by atoms with E-state index in [0.29, 0.717) is 19.3 Å². The average molecular weight is 812 g/mol. The maximum Gasteiger partial charge on any atom is 0.306 e. The van der Waals surface area contributed by atoms with Gasteiger partial charge in [0.25, 0.3) is 0 Å². The first-order chi connectivity index (χ1) is 28.5. The number of amides is 1. The van der Waals surface area contributed by atoms with E-state index in [4.69, 9.17) is 4.74 Å². The molecule has 0 fully saturated rings. The first-order valence-electron chi connectivity index (χ1n) is 24.6. The summed E-state index contributed by atoms with van der Waals surface area (Å²) in [6, 6.07) is -0.737. The van der Waals surface area contributed by atoms with Gasteiger partial charge in [-0.1, -0.05) is 255 Å². The van der Waals surface area contributed by atoms with E-state index in [1.165, 1.54) is 141 Å². The number of aliphatic hydroxyl groups is 2. The lowest BCUT2D eigenvalue weighted by atomic mass is 10.0.